The molecule has 8 rings (SSSR count). The Hall–Kier alpha value is -4.62. The van der Waals surface area contributed by atoms with Crippen molar-refractivity contribution in [2.75, 3.05) is 0 Å². The van der Waals surface area contributed by atoms with Crippen LogP contribution in [-0.4, -0.2) is 0 Å². The van der Waals surface area contributed by atoms with E-state index in [2.05, 4.69) is 0 Å². The van der Waals surface area contributed by atoms with Gasteiger partial charge in [0, 0.05) is 22.6 Å². The number of allylic oxidation sites excluding steroid dienone is 8. The summed E-state index contributed by atoms with van der Waals surface area (Å²) in [6, 6.07) is -17.7. The lowest BCUT2D eigenvalue weighted by molar-refractivity contribution is 0.669. The van der Waals surface area contributed by atoms with Crippen LogP contribution >= 0.6 is 0 Å². The fraction of sp³-hybridized carbons (Fsp3) is 0.0556. The Morgan fingerprint density at radius 1 is 0.541 bits per heavy atom. The SMILES string of the molecule is [2H]C1=C([2H])C2C([2H])=C([2H])C([2H])=C(c3c4c([2H])c([2H])c([2H])c([2H])c4c(-c4c([2H])c([2H])c5oc6c([2H])c([2H])c([2H])c([2H])c6c5c4[2H])c4c([2H])c([2H])c([2H])c([2H])c34)C2C([2H])=C1[2H]. The first kappa shape index (κ1) is 8.46. The molecule has 2 unspecified atom stereocenters. The van der Waals surface area contributed by atoms with Crippen LogP contribution in [-0.2, 0) is 0 Å². The van der Waals surface area contributed by atoms with Crippen molar-refractivity contribution in [3.63, 3.8) is 0 Å². The van der Waals surface area contributed by atoms with Crippen LogP contribution in [0.2, 0.25) is 0 Å². The molecule has 1 nitrogen and oxygen atoms in total. The van der Waals surface area contributed by atoms with Gasteiger partial charge in [-0.05, 0) is 61.9 Å². The molecule has 0 bridgehead atoms. The Bertz CT molecular complexity index is 3110. The van der Waals surface area contributed by atoms with Crippen molar-refractivity contribution in [1.29, 1.82) is 0 Å². The van der Waals surface area contributed by atoms with Gasteiger partial charge in [-0.2, -0.15) is 0 Å². The molecule has 2 atom stereocenters. The van der Waals surface area contributed by atoms with E-state index in [1.165, 1.54) is 0 Å². The Morgan fingerprint density at radius 2 is 1.14 bits per heavy atom. The molecule has 0 radical (unpaired) electrons. The first-order chi connectivity index (χ1) is 27.5. The minimum atomic E-state index is -1.73. The molecule has 0 saturated carbocycles. The summed E-state index contributed by atoms with van der Waals surface area (Å²) in [6.07, 6.45) is 0. The molecular formula is C36H24O. The Kier molecular flexibility index (Phi) is 1.82. The van der Waals surface area contributed by atoms with Gasteiger partial charge < -0.3 is 4.42 Å². The summed E-state index contributed by atoms with van der Waals surface area (Å²) in [7, 11) is 0. The summed E-state index contributed by atoms with van der Waals surface area (Å²) in [5.74, 6) is -3.37. The first-order valence-corrected chi connectivity index (χ1v) is 11.1. The monoisotopic (exact) mass is 494 g/mol. The molecule has 174 valence electrons. The van der Waals surface area contributed by atoms with E-state index >= 15 is 0 Å². The number of para-hydroxylation sites is 1. The van der Waals surface area contributed by atoms with Crippen LogP contribution < -0.4 is 0 Å². The van der Waals surface area contributed by atoms with E-state index in [9.17, 15) is 9.60 Å². The van der Waals surface area contributed by atoms with Crippen molar-refractivity contribution < 1.29 is 34.6 Å². The molecule has 0 N–H and O–H groups in total. The molecular weight excluding hydrogens is 448 g/mol. The second kappa shape index (κ2) is 7.94. The average molecular weight is 495 g/mol. The third kappa shape index (κ3) is 3.04. The normalized spacial score (nSPS) is 28.9. The van der Waals surface area contributed by atoms with Crippen molar-refractivity contribution in [2.24, 2.45) is 11.8 Å². The molecule has 0 saturated heterocycles. The average Bonchev–Trinajstić information content (AvgIpc) is 3.62. The second-order valence-electron chi connectivity index (χ2n) is 8.31. The van der Waals surface area contributed by atoms with Crippen LogP contribution in [0.5, 0.6) is 0 Å². The predicted molar refractivity (Wildman–Crippen MR) is 157 cm³/mol. The summed E-state index contributed by atoms with van der Waals surface area (Å²) >= 11 is 0. The zero-order chi connectivity index (χ0) is 43.5. The quantitative estimate of drug-likeness (QED) is 0.218. The van der Waals surface area contributed by atoms with Crippen molar-refractivity contribution in [2.45, 2.75) is 0 Å². The van der Waals surface area contributed by atoms with Gasteiger partial charge in [0.05, 0.1) is 30.2 Å². The van der Waals surface area contributed by atoms with Gasteiger partial charge in [-0.15, -0.1) is 0 Å². The summed E-state index contributed by atoms with van der Waals surface area (Å²) in [5.41, 5.74) is -3.31. The van der Waals surface area contributed by atoms with Crippen LogP contribution in [0, 0.1) is 11.8 Å². The Balaban J connectivity index is 1.73. The maximum Gasteiger partial charge on any atom is 0.135 e. The molecule has 0 amide bonds. The number of hydrogen-bond donors (Lipinski definition) is 0. The van der Waals surface area contributed by atoms with Crippen molar-refractivity contribution in [1.82, 2.24) is 0 Å². The molecule has 2 aliphatic rings. The molecule has 0 spiro atoms. The first-order valence-electron chi connectivity index (χ1n) is 22.1. The molecule has 5 aromatic carbocycles. The van der Waals surface area contributed by atoms with Gasteiger partial charge in [-0.25, -0.2) is 0 Å². The van der Waals surface area contributed by atoms with Gasteiger partial charge in [0.2, 0.25) is 0 Å². The Labute approximate surface area is 246 Å². The highest BCUT2D eigenvalue weighted by Crippen LogP contribution is 2.47. The zero-order valence-electron chi connectivity index (χ0n) is 40.6. The molecule has 2 aliphatic carbocycles. The molecule has 37 heavy (non-hydrogen) atoms. The summed E-state index contributed by atoms with van der Waals surface area (Å²) < 4.78 is 200. The third-order valence-corrected chi connectivity index (χ3v) is 6.37. The van der Waals surface area contributed by atoms with Crippen molar-refractivity contribution in [3.8, 4) is 11.1 Å². The van der Waals surface area contributed by atoms with E-state index in [0.717, 1.165) is 0 Å². The highest BCUT2D eigenvalue weighted by Gasteiger charge is 2.27. The number of rotatable bonds is 2. The molecule has 1 heterocycles. The van der Waals surface area contributed by atoms with Crippen LogP contribution in [0.25, 0.3) is 60.2 Å². The molecule has 0 fully saturated rings. The fourth-order valence-electron chi connectivity index (χ4n) is 4.80. The fourth-order valence-corrected chi connectivity index (χ4v) is 4.80. The summed E-state index contributed by atoms with van der Waals surface area (Å²) in [6.45, 7) is 0. The molecule has 0 aliphatic heterocycles. The highest BCUT2D eigenvalue weighted by molar-refractivity contribution is 6.20. The van der Waals surface area contributed by atoms with E-state index in [1.807, 2.05) is 0 Å². The summed E-state index contributed by atoms with van der Waals surface area (Å²) in [5, 5.41) is -3.20. The van der Waals surface area contributed by atoms with Crippen LogP contribution in [0.15, 0.2) is 137 Å². The number of fused-ring (bicyclic) bond motifs is 6. The van der Waals surface area contributed by atoms with Crippen LogP contribution in [0.1, 0.15) is 35.7 Å². The van der Waals surface area contributed by atoms with Crippen LogP contribution in [0.3, 0.4) is 0 Å². The highest BCUT2D eigenvalue weighted by atomic mass is 16.3. The molecule has 1 aromatic heterocycles. The topological polar surface area (TPSA) is 13.1 Å². The van der Waals surface area contributed by atoms with Gasteiger partial charge in [-0.1, -0.05) is 115 Å². The van der Waals surface area contributed by atoms with E-state index in [1.54, 1.807) is 0 Å². The van der Waals surface area contributed by atoms with Gasteiger partial charge in [0.25, 0.3) is 0 Å². The van der Waals surface area contributed by atoms with E-state index in [0.29, 0.717) is 0 Å². The lowest BCUT2D eigenvalue weighted by atomic mass is 9.74. The molecule has 6 aromatic rings. The van der Waals surface area contributed by atoms with Crippen LogP contribution in [0.4, 0.5) is 0 Å². The lowest BCUT2D eigenvalue weighted by Crippen LogP contribution is -2.15. The van der Waals surface area contributed by atoms with E-state index in [4.69, 9.17) is 25.0 Å². The molecule has 1 heteroatoms. The minimum Gasteiger partial charge on any atom is -0.456 e. The van der Waals surface area contributed by atoms with E-state index in [-0.39, 0.29) is 5.39 Å². The Morgan fingerprint density at radius 3 is 1.89 bits per heavy atom. The predicted octanol–water partition coefficient (Wildman–Crippen LogP) is 9.87. The largest absolute Gasteiger partial charge is 0.456 e. The van der Waals surface area contributed by atoms with Gasteiger partial charge in [0.15, 0.2) is 0 Å². The minimum absolute atomic E-state index is 0.371. The number of benzene rings is 5. The third-order valence-electron chi connectivity index (χ3n) is 6.37. The van der Waals surface area contributed by atoms with Gasteiger partial charge in [-0.3, -0.25) is 0 Å². The summed E-state index contributed by atoms with van der Waals surface area (Å²) in [4.78, 5) is 0. The van der Waals surface area contributed by atoms with Gasteiger partial charge in [0.1, 0.15) is 11.2 Å². The smallest absolute Gasteiger partial charge is 0.135 e. The second-order valence-corrected chi connectivity index (χ2v) is 8.31. The van der Waals surface area contributed by atoms with E-state index < -0.39 is 205 Å². The number of furan rings is 1. The lowest BCUT2D eigenvalue weighted by Gasteiger charge is -2.29. The zero-order valence-corrected chi connectivity index (χ0v) is 18.6. The maximum absolute atomic E-state index is 9.55. The van der Waals surface area contributed by atoms with Crippen molar-refractivity contribution >= 4 is 49.1 Å². The standard InChI is InChI=1S/C36H24O/c1-2-12-25-23(10-1)11-9-18-27(25)36-30-16-5-3-14-28(30)35(29-15-4-6-17-31(29)36)24-20-21-34-32(22-24)26-13-7-8-19-33(26)37-34/h1-23,25H/i1D,2D,3D,4D,5D,6D,7D,8D,9D,10D,11D,12D,13D,14D,15D,16D,17D,18D,19D,20D,21D,22D. The maximum atomic E-state index is 9.55. The van der Waals surface area contributed by atoms with Gasteiger partial charge >= 0.3 is 0 Å². The number of hydrogen-bond acceptors (Lipinski definition) is 1. The van der Waals surface area contributed by atoms with Crippen molar-refractivity contribution in [3.05, 3.63) is 139 Å².